The summed E-state index contributed by atoms with van der Waals surface area (Å²) in [5.41, 5.74) is 1.35. The molecule has 0 aliphatic carbocycles. The van der Waals surface area contributed by atoms with Crippen LogP contribution in [0.25, 0.3) is 0 Å². The Morgan fingerprint density at radius 2 is 1.93 bits per heavy atom. The van der Waals surface area contributed by atoms with E-state index >= 15 is 0 Å². The molecule has 0 aromatic heterocycles. The van der Waals surface area contributed by atoms with E-state index in [0.29, 0.717) is 18.2 Å². The topological polar surface area (TPSA) is 52.1 Å². The number of benzene rings is 1. The van der Waals surface area contributed by atoms with Crippen molar-refractivity contribution in [3.8, 4) is 0 Å². The van der Waals surface area contributed by atoms with E-state index in [9.17, 15) is 0 Å². The maximum atomic E-state index is 5.92. The highest BCUT2D eigenvalue weighted by Crippen LogP contribution is 2.34. The van der Waals surface area contributed by atoms with Crippen LogP contribution in [0.5, 0.6) is 0 Å². The number of nitrogens with zero attached hydrogens (tertiary/aromatic N) is 3. The molecular formula is C21H34IN5O. The summed E-state index contributed by atoms with van der Waals surface area (Å²) in [5.74, 6) is 0.921. The van der Waals surface area contributed by atoms with Crippen LogP contribution in [0.1, 0.15) is 25.7 Å². The molecule has 6 nitrogen and oxygen atoms in total. The van der Waals surface area contributed by atoms with Crippen molar-refractivity contribution in [3.63, 3.8) is 0 Å². The molecule has 1 aromatic rings. The van der Waals surface area contributed by atoms with E-state index in [2.05, 4.69) is 55.8 Å². The van der Waals surface area contributed by atoms with E-state index < -0.39 is 0 Å². The number of aliphatic imine (C=N–C) groups is 1. The molecule has 3 fully saturated rings. The second kappa shape index (κ2) is 10.6. The molecule has 3 atom stereocenters. The zero-order valence-corrected chi connectivity index (χ0v) is 19.2. The number of anilines is 1. The highest BCUT2D eigenvalue weighted by molar-refractivity contribution is 14.0. The Labute approximate surface area is 186 Å². The van der Waals surface area contributed by atoms with Crippen molar-refractivity contribution in [1.29, 1.82) is 0 Å². The number of ether oxygens (including phenoxy) is 1. The van der Waals surface area contributed by atoms with Gasteiger partial charge >= 0.3 is 0 Å². The monoisotopic (exact) mass is 499 g/mol. The summed E-state index contributed by atoms with van der Waals surface area (Å²) < 4.78 is 5.92. The first kappa shape index (κ1) is 21.6. The average Bonchev–Trinajstić information content (AvgIpc) is 3.34. The molecule has 156 valence electrons. The van der Waals surface area contributed by atoms with Crippen LogP contribution in [-0.2, 0) is 4.74 Å². The summed E-state index contributed by atoms with van der Waals surface area (Å²) >= 11 is 0. The minimum Gasteiger partial charge on any atom is -0.373 e. The Kier molecular flexibility index (Phi) is 8.23. The van der Waals surface area contributed by atoms with Crippen molar-refractivity contribution in [1.82, 2.24) is 15.5 Å². The van der Waals surface area contributed by atoms with Gasteiger partial charge in [0.05, 0.1) is 18.2 Å². The highest BCUT2D eigenvalue weighted by atomic mass is 127. The lowest BCUT2D eigenvalue weighted by molar-refractivity contribution is 0.0992. The number of hydrogen-bond donors (Lipinski definition) is 2. The standard InChI is InChI=1S/C21H33N5O.HI/c1-22-21(24-19-16-18-8-9-20(19)27-18)23-10-5-11-25-12-14-26(15-13-25)17-6-3-2-4-7-17;/h2-4,6-7,18-20H,5,8-16H2,1H3,(H2,22,23,24);1H. The van der Waals surface area contributed by atoms with E-state index in [0.717, 1.165) is 58.1 Å². The molecule has 7 heteroatoms. The molecule has 0 spiro atoms. The van der Waals surface area contributed by atoms with Gasteiger partial charge in [-0.25, -0.2) is 0 Å². The molecule has 2 bridgehead atoms. The smallest absolute Gasteiger partial charge is 0.191 e. The van der Waals surface area contributed by atoms with Gasteiger partial charge in [-0.2, -0.15) is 0 Å². The van der Waals surface area contributed by atoms with Crippen LogP contribution in [0.15, 0.2) is 35.3 Å². The zero-order chi connectivity index (χ0) is 18.5. The van der Waals surface area contributed by atoms with E-state index in [1.54, 1.807) is 0 Å². The first-order chi connectivity index (χ1) is 13.3. The summed E-state index contributed by atoms with van der Waals surface area (Å²) in [6, 6.07) is 11.2. The van der Waals surface area contributed by atoms with Crippen LogP contribution in [-0.4, -0.2) is 75.4 Å². The van der Waals surface area contributed by atoms with E-state index in [-0.39, 0.29) is 24.0 Å². The third-order valence-corrected chi connectivity index (χ3v) is 6.09. The van der Waals surface area contributed by atoms with Gasteiger partial charge in [-0.1, -0.05) is 18.2 Å². The van der Waals surface area contributed by atoms with Gasteiger partial charge in [0.1, 0.15) is 0 Å². The van der Waals surface area contributed by atoms with Crippen molar-refractivity contribution < 1.29 is 4.74 Å². The molecular weight excluding hydrogens is 465 g/mol. The molecule has 0 amide bonds. The number of hydrogen-bond acceptors (Lipinski definition) is 4. The van der Waals surface area contributed by atoms with Gasteiger partial charge in [0.25, 0.3) is 0 Å². The second-order valence-electron chi connectivity index (χ2n) is 7.88. The van der Waals surface area contributed by atoms with Gasteiger partial charge < -0.3 is 20.3 Å². The molecule has 0 saturated carbocycles. The molecule has 4 rings (SSSR count). The van der Waals surface area contributed by atoms with Crippen molar-refractivity contribution >= 4 is 35.6 Å². The quantitative estimate of drug-likeness (QED) is 0.273. The van der Waals surface area contributed by atoms with Crippen LogP contribution in [0, 0.1) is 0 Å². The van der Waals surface area contributed by atoms with Crippen LogP contribution in [0.4, 0.5) is 5.69 Å². The summed E-state index contributed by atoms with van der Waals surface area (Å²) in [6.45, 7) is 6.62. The Bertz CT molecular complexity index is 620. The molecule has 2 N–H and O–H groups in total. The van der Waals surface area contributed by atoms with E-state index in [1.807, 2.05) is 7.05 Å². The van der Waals surface area contributed by atoms with Crippen molar-refractivity contribution in [3.05, 3.63) is 30.3 Å². The zero-order valence-electron chi connectivity index (χ0n) is 16.8. The van der Waals surface area contributed by atoms with Crippen LogP contribution < -0.4 is 15.5 Å². The SMILES string of the molecule is CN=C(NCCCN1CCN(c2ccccc2)CC1)NC1CC2CCC1O2.I. The third-order valence-electron chi connectivity index (χ3n) is 6.09. The number of rotatable bonds is 6. The Hall–Kier alpha value is -1.06. The maximum absolute atomic E-state index is 5.92. The molecule has 28 heavy (non-hydrogen) atoms. The van der Waals surface area contributed by atoms with Gasteiger partial charge in [-0.15, -0.1) is 24.0 Å². The van der Waals surface area contributed by atoms with Crippen LogP contribution in [0.2, 0.25) is 0 Å². The predicted molar refractivity (Wildman–Crippen MR) is 126 cm³/mol. The van der Waals surface area contributed by atoms with Crippen molar-refractivity contribution in [2.24, 2.45) is 4.99 Å². The number of nitrogens with one attached hydrogen (secondary N) is 2. The summed E-state index contributed by atoms with van der Waals surface area (Å²) in [5, 5.41) is 7.03. The number of guanidine groups is 1. The largest absolute Gasteiger partial charge is 0.373 e. The highest BCUT2D eigenvalue weighted by Gasteiger charge is 2.41. The molecule has 0 radical (unpaired) electrons. The predicted octanol–water partition coefficient (Wildman–Crippen LogP) is 2.30. The lowest BCUT2D eigenvalue weighted by atomic mass is 9.96. The minimum absolute atomic E-state index is 0. The lowest BCUT2D eigenvalue weighted by Crippen LogP contribution is -2.49. The molecule has 3 saturated heterocycles. The number of fused-ring (bicyclic) bond motifs is 2. The lowest BCUT2D eigenvalue weighted by Gasteiger charge is -2.36. The molecule has 3 unspecified atom stereocenters. The van der Waals surface area contributed by atoms with Gasteiger partial charge in [0.2, 0.25) is 0 Å². The van der Waals surface area contributed by atoms with Crippen molar-refractivity contribution in [2.75, 3.05) is 51.2 Å². The molecule has 3 aliphatic heterocycles. The average molecular weight is 499 g/mol. The maximum Gasteiger partial charge on any atom is 0.191 e. The summed E-state index contributed by atoms with van der Waals surface area (Å²) in [4.78, 5) is 9.44. The van der Waals surface area contributed by atoms with E-state index in [1.165, 1.54) is 18.5 Å². The van der Waals surface area contributed by atoms with Gasteiger partial charge in [-0.05, 0) is 44.4 Å². The first-order valence-corrected chi connectivity index (χ1v) is 10.5. The number of halogens is 1. The second-order valence-corrected chi connectivity index (χ2v) is 7.88. The van der Waals surface area contributed by atoms with Gasteiger partial charge in [-0.3, -0.25) is 9.89 Å². The first-order valence-electron chi connectivity index (χ1n) is 10.5. The summed E-state index contributed by atoms with van der Waals surface area (Å²) in [7, 11) is 1.85. The van der Waals surface area contributed by atoms with E-state index in [4.69, 9.17) is 4.74 Å². The molecule has 1 aromatic carbocycles. The normalized spacial score (nSPS) is 27.5. The van der Waals surface area contributed by atoms with Gasteiger partial charge in [0, 0.05) is 45.5 Å². The fourth-order valence-corrected chi connectivity index (χ4v) is 4.54. The minimum atomic E-state index is 0. The fraction of sp³-hybridized carbons (Fsp3) is 0.667. The Morgan fingerprint density at radius 1 is 1.14 bits per heavy atom. The molecule has 3 aliphatic rings. The third kappa shape index (κ3) is 5.51. The van der Waals surface area contributed by atoms with Crippen LogP contribution in [0.3, 0.4) is 0 Å². The number of para-hydroxylation sites is 1. The molecule has 3 heterocycles. The fourth-order valence-electron chi connectivity index (χ4n) is 4.54. The van der Waals surface area contributed by atoms with Crippen molar-refractivity contribution in [2.45, 2.75) is 43.9 Å². The summed E-state index contributed by atoms with van der Waals surface area (Å²) in [6.07, 6.45) is 5.53. The number of piperazine rings is 1. The van der Waals surface area contributed by atoms with Gasteiger partial charge in [0.15, 0.2) is 5.96 Å². The van der Waals surface area contributed by atoms with Crippen LogP contribution >= 0.6 is 24.0 Å². The Balaban J connectivity index is 0.00000225. The Morgan fingerprint density at radius 3 is 2.57 bits per heavy atom.